The molecule has 0 aromatic heterocycles. The van der Waals surface area contributed by atoms with Gasteiger partial charge < -0.3 is 9.84 Å². The van der Waals surface area contributed by atoms with E-state index in [4.69, 9.17) is 9.84 Å². The Kier molecular flexibility index (Phi) is 13.3. The van der Waals surface area contributed by atoms with Crippen LogP contribution in [0.1, 0.15) is 83.1 Å². The van der Waals surface area contributed by atoms with Gasteiger partial charge in [0.15, 0.2) is 0 Å². The van der Waals surface area contributed by atoms with Crippen molar-refractivity contribution in [3.63, 3.8) is 0 Å². The minimum Gasteiger partial charge on any atom is -0.494 e. The summed E-state index contributed by atoms with van der Waals surface area (Å²) in [4.78, 5) is 0. The maximum Gasteiger partial charge on any atom is 0.119 e. The number of rotatable bonds is 17. The molecule has 0 aliphatic rings. The van der Waals surface area contributed by atoms with Gasteiger partial charge in [0.05, 0.1) is 18.0 Å². The molecule has 2 rings (SSSR count). The van der Waals surface area contributed by atoms with Crippen LogP contribution in [0.4, 0.5) is 11.4 Å². The molecule has 0 radical (unpaired) electrons. The summed E-state index contributed by atoms with van der Waals surface area (Å²) in [7, 11) is 0. The zero-order valence-electron chi connectivity index (χ0n) is 19.3. The fourth-order valence-corrected chi connectivity index (χ4v) is 3.50. The van der Waals surface area contributed by atoms with E-state index in [0.717, 1.165) is 42.8 Å². The lowest BCUT2D eigenvalue weighted by molar-refractivity contribution is 0.266. The summed E-state index contributed by atoms with van der Waals surface area (Å²) >= 11 is 0. The van der Waals surface area contributed by atoms with E-state index in [2.05, 4.69) is 29.3 Å². The van der Waals surface area contributed by atoms with Crippen molar-refractivity contribution >= 4 is 11.4 Å². The number of unbranched alkanes of at least 4 members (excludes halogenated alkanes) is 9. The van der Waals surface area contributed by atoms with Crippen molar-refractivity contribution in [2.75, 3.05) is 13.2 Å². The predicted octanol–water partition coefficient (Wildman–Crippen LogP) is 8.33. The van der Waals surface area contributed by atoms with E-state index in [9.17, 15) is 0 Å². The lowest BCUT2D eigenvalue weighted by Gasteiger charge is -2.05. The lowest BCUT2D eigenvalue weighted by Crippen LogP contribution is -1.97. The van der Waals surface area contributed by atoms with E-state index in [1.807, 2.05) is 36.4 Å². The van der Waals surface area contributed by atoms with Gasteiger partial charge in [0.2, 0.25) is 0 Å². The van der Waals surface area contributed by atoms with Gasteiger partial charge in [-0.2, -0.15) is 10.2 Å². The first kappa shape index (κ1) is 25.1. The highest BCUT2D eigenvalue weighted by Gasteiger charge is 1.98. The van der Waals surface area contributed by atoms with Gasteiger partial charge in [0, 0.05) is 6.61 Å². The molecular formula is C27H40N2O2. The van der Waals surface area contributed by atoms with Gasteiger partial charge >= 0.3 is 0 Å². The number of aryl methyl sites for hydroxylation is 1. The number of azo groups is 1. The first-order valence-electron chi connectivity index (χ1n) is 12.2. The lowest BCUT2D eigenvalue weighted by atomic mass is 10.0. The van der Waals surface area contributed by atoms with Gasteiger partial charge in [-0.25, -0.2) is 0 Å². The Labute approximate surface area is 188 Å². The van der Waals surface area contributed by atoms with Gasteiger partial charge in [-0.05, 0) is 74.1 Å². The summed E-state index contributed by atoms with van der Waals surface area (Å²) in [6, 6.07) is 16.1. The Morgan fingerprint density at radius 3 is 1.81 bits per heavy atom. The molecule has 4 heteroatoms. The Morgan fingerprint density at radius 2 is 1.19 bits per heavy atom. The largest absolute Gasteiger partial charge is 0.494 e. The Hall–Kier alpha value is -2.20. The number of aliphatic hydroxyl groups excluding tert-OH is 1. The number of aliphatic hydroxyl groups is 1. The average Bonchev–Trinajstić information content (AvgIpc) is 2.81. The number of benzene rings is 2. The Balaban J connectivity index is 1.65. The number of ether oxygens (including phenoxy) is 1. The minimum atomic E-state index is 0.252. The zero-order chi connectivity index (χ0) is 22.0. The summed E-state index contributed by atoms with van der Waals surface area (Å²) in [6.45, 7) is 3.19. The summed E-state index contributed by atoms with van der Waals surface area (Å²) in [5, 5.41) is 17.5. The molecule has 0 saturated carbocycles. The number of hydrogen-bond acceptors (Lipinski definition) is 4. The molecule has 0 fully saturated rings. The second-order valence-electron chi connectivity index (χ2n) is 8.22. The van der Waals surface area contributed by atoms with Crippen LogP contribution >= 0.6 is 0 Å². The maximum absolute atomic E-state index is 8.78. The van der Waals surface area contributed by atoms with Crippen molar-refractivity contribution in [1.82, 2.24) is 0 Å². The van der Waals surface area contributed by atoms with Crippen molar-refractivity contribution in [1.29, 1.82) is 0 Å². The van der Waals surface area contributed by atoms with Crippen molar-refractivity contribution in [3.05, 3.63) is 54.1 Å². The summed E-state index contributed by atoms with van der Waals surface area (Å²) in [6.07, 6.45) is 14.8. The van der Waals surface area contributed by atoms with Crippen LogP contribution in [0, 0.1) is 0 Å². The van der Waals surface area contributed by atoms with Crippen molar-refractivity contribution < 1.29 is 9.84 Å². The van der Waals surface area contributed by atoms with Crippen LogP contribution in [0.3, 0.4) is 0 Å². The molecule has 0 amide bonds. The van der Waals surface area contributed by atoms with Crippen LogP contribution in [0.25, 0.3) is 0 Å². The fourth-order valence-electron chi connectivity index (χ4n) is 3.50. The number of nitrogens with zero attached hydrogens (tertiary/aromatic N) is 2. The topological polar surface area (TPSA) is 54.2 Å². The molecule has 0 saturated heterocycles. The monoisotopic (exact) mass is 424 g/mol. The van der Waals surface area contributed by atoms with E-state index in [0.29, 0.717) is 6.61 Å². The van der Waals surface area contributed by atoms with E-state index < -0.39 is 0 Å². The predicted molar refractivity (Wildman–Crippen MR) is 130 cm³/mol. The van der Waals surface area contributed by atoms with E-state index >= 15 is 0 Å². The molecule has 0 heterocycles. The first-order chi connectivity index (χ1) is 15.3. The van der Waals surface area contributed by atoms with Crippen molar-refractivity contribution in [3.8, 4) is 5.75 Å². The third kappa shape index (κ3) is 11.7. The molecule has 0 bridgehead atoms. The second-order valence-corrected chi connectivity index (χ2v) is 8.22. The van der Waals surface area contributed by atoms with Gasteiger partial charge in [0.25, 0.3) is 0 Å². The third-order valence-electron chi connectivity index (χ3n) is 5.44. The highest BCUT2D eigenvalue weighted by molar-refractivity contribution is 5.43. The molecule has 2 aromatic rings. The molecular weight excluding hydrogens is 384 g/mol. The summed E-state index contributed by atoms with van der Waals surface area (Å²) in [5.41, 5.74) is 3.07. The smallest absolute Gasteiger partial charge is 0.119 e. The molecule has 1 N–H and O–H groups in total. The molecule has 0 aliphatic heterocycles. The second kappa shape index (κ2) is 16.5. The van der Waals surface area contributed by atoms with E-state index in [1.54, 1.807) is 0 Å². The number of hydrogen-bond donors (Lipinski definition) is 1. The fraction of sp³-hybridized carbons (Fsp3) is 0.556. The minimum absolute atomic E-state index is 0.252. The quantitative estimate of drug-likeness (QED) is 0.205. The standard InChI is InChI=1S/C27H40N2O2/c1-2-3-4-5-6-7-8-10-13-24-14-16-25(17-15-24)28-29-26-18-20-27(21-19-26)31-23-12-9-11-22-30/h14-21,30H,2-13,22-23H2,1H3. The highest BCUT2D eigenvalue weighted by Crippen LogP contribution is 2.22. The summed E-state index contributed by atoms with van der Waals surface area (Å²) in [5.74, 6) is 0.841. The van der Waals surface area contributed by atoms with Crippen LogP contribution in [0.15, 0.2) is 58.8 Å². The van der Waals surface area contributed by atoms with Crippen LogP contribution in [0.2, 0.25) is 0 Å². The van der Waals surface area contributed by atoms with Crippen LogP contribution in [-0.2, 0) is 6.42 Å². The van der Waals surface area contributed by atoms with E-state index in [-0.39, 0.29) is 6.61 Å². The van der Waals surface area contributed by atoms with Gasteiger partial charge in [-0.3, -0.25) is 0 Å². The van der Waals surface area contributed by atoms with E-state index in [1.165, 1.54) is 56.9 Å². The zero-order valence-corrected chi connectivity index (χ0v) is 19.3. The molecule has 0 spiro atoms. The van der Waals surface area contributed by atoms with Gasteiger partial charge in [0.1, 0.15) is 5.75 Å². The molecule has 31 heavy (non-hydrogen) atoms. The average molecular weight is 425 g/mol. The summed E-state index contributed by atoms with van der Waals surface area (Å²) < 4.78 is 5.70. The van der Waals surface area contributed by atoms with Crippen LogP contribution in [0.5, 0.6) is 5.75 Å². The Bertz CT molecular complexity index is 711. The van der Waals surface area contributed by atoms with Crippen LogP contribution < -0.4 is 4.74 Å². The molecule has 0 atom stereocenters. The third-order valence-corrected chi connectivity index (χ3v) is 5.44. The van der Waals surface area contributed by atoms with Crippen LogP contribution in [-0.4, -0.2) is 18.3 Å². The normalized spacial score (nSPS) is 11.3. The van der Waals surface area contributed by atoms with Gasteiger partial charge in [-0.15, -0.1) is 0 Å². The molecule has 4 nitrogen and oxygen atoms in total. The molecule has 0 aliphatic carbocycles. The van der Waals surface area contributed by atoms with Crippen molar-refractivity contribution in [2.24, 2.45) is 10.2 Å². The molecule has 0 unspecified atom stereocenters. The van der Waals surface area contributed by atoms with Gasteiger partial charge in [-0.1, -0.05) is 64.0 Å². The molecule has 2 aromatic carbocycles. The SMILES string of the molecule is CCCCCCCCCCc1ccc(N=Nc2ccc(OCCCCCO)cc2)cc1. The first-order valence-corrected chi connectivity index (χ1v) is 12.2. The molecule has 170 valence electrons. The Morgan fingerprint density at radius 1 is 0.645 bits per heavy atom. The highest BCUT2D eigenvalue weighted by atomic mass is 16.5. The van der Waals surface area contributed by atoms with Crippen molar-refractivity contribution in [2.45, 2.75) is 84.0 Å². The maximum atomic E-state index is 8.78.